The van der Waals surface area contributed by atoms with Gasteiger partial charge in [-0.3, -0.25) is 0 Å². The van der Waals surface area contributed by atoms with Gasteiger partial charge in [0.2, 0.25) is 6.79 Å². The monoisotopic (exact) mass is 278 g/mol. The summed E-state index contributed by atoms with van der Waals surface area (Å²) >= 11 is 0. The number of ether oxygens (including phenoxy) is 4. The number of hydrogen-bond acceptors (Lipinski definition) is 4. The average Bonchev–Trinajstić information content (AvgIpc) is 2.95. The van der Waals surface area contributed by atoms with Gasteiger partial charge in [0.1, 0.15) is 0 Å². The summed E-state index contributed by atoms with van der Waals surface area (Å²) < 4.78 is 22.6. The fourth-order valence-electron chi connectivity index (χ4n) is 2.66. The number of rotatable bonds is 0. The van der Waals surface area contributed by atoms with Gasteiger partial charge in [0.15, 0.2) is 34.5 Å². The molecule has 21 heavy (non-hydrogen) atoms. The van der Waals surface area contributed by atoms with Gasteiger partial charge in [-0.1, -0.05) is 24.3 Å². The zero-order chi connectivity index (χ0) is 13.8. The SMILES string of the molecule is c1ccc2cc3c(cc2c1)Oc1cc2c(cc1O3)OCO2. The maximum absolute atomic E-state index is 5.95. The number of hydrogen-bond donors (Lipinski definition) is 0. The van der Waals surface area contributed by atoms with E-state index >= 15 is 0 Å². The highest BCUT2D eigenvalue weighted by atomic mass is 16.7. The molecule has 2 heterocycles. The Morgan fingerprint density at radius 2 is 1.05 bits per heavy atom. The second-order valence-electron chi connectivity index (χ2n) is 5.00. The summed E-state index contributed by atoms with van der Waals surface area (Å²) in [5.74, 6) is 4.06. The molecule has 0 saturated carbocycles. The lowest BCUT2D eigenvalue weighted by atomic mass is 10.1. The van der Waals surface area contributed by atoms with Gasteiger partial charge >= 0.3 is 0 Å². The molecule has 0 amide bonds. The third kappa shape index (κ3) is 1.56. The van der Waals surface area contributed by atoms with Crippen molar-refractivity contribution in [2.45, 2.75) is 0 Å². The fourth-order valence-corrected chi connectivity index (χ4v) is 2.66. The van der Waals surface area contributed by atoms with E-state index in [1.807, 2.05) is 36.4 Å². The summed E-state index contributed by atoms with van der Waals surface area (Å²) in [6.45, 7) is 0.231. The lowest BCUT2D eigenvalue weighted by molar-refractivity contribution is 0.174. The molecule has 0 bridgehead atoms. The summed E-state index contributed by atoms with van der Waals surface area (Å²) in [5, 5.41) is 2.23. The molecule has 0 saturated heterocycles. The van der Waals surface area contributed by atoms with Crippen molar-refractivity contribution in [3.05, 3.63) is 48.5 Å². The molecule has 0 N–H and O–H groups in total. The second kappa shape index (κ2) is 3.82. The quantitative estimate of drug-likeness (QED) is 0.475. The van der Waals surface area contributed by atoms with Gasteiger partial charge in [0, 0.05) is 12.1 Å². The van der Waals surface area contributed by atoms with Gasteiger partial charge in [-0.2, -0.15) is 0 Å². The minimum atomic E-state index is 0.231. The van der Waals surface area contributed by atoms with Crippen LogP contribution >= 0.6 is 0 Å². The van der Waals surface area contributed by atoms with Crippen LogP contribution in [-0.2, 0) is 0 Å². The Balaban J connectivity index is 1.67. The second-order valence-corrected chi connectivity index (χ2v) is 5.00. The van der Waals surface area contributed by atoms with E-state index in [1.165, 1.54) is 0 Å². The molecule has 4 nitrogen and oxygen atoms in total. The van der Waals surface area contributed by atoms with E-state index in [4.69, 9.17) is 18.9 Å². The summed E-state index contributed by atoms with van der Waals surface area (Å²) in [6, 6.07) is 15.7. The van der Waals surface area contributed by atoms with Gasteiger partial charge in [0.25, 0.3) is 0 Å². The van der Waals surface area contributed by atoms with Crippen LogP contribution in [0.25, 0.3) is 10.8 Å². The normalized spacial score (nSPS) is 14.1. The highest BCUT2D eigenvalue weighted by Crippen LogP contribution is 2.51. The molecule has 3 aromatic rings. The maximum Gasteiger partial charge on any atom is 0.231 e. The smallest absolute Gasteiger partial charge is 0.231 e. The Morgan fingerprint density at radius 3 is 1.57 bits per heavy atom. The van der Waals surface area contributed by atoms with Crippen molar-refractivity contribution in [1.29, 1.82) is 0 Å². The zero-order valence-corrected chi connectivity index (χ0v) is 11.0. The van der Waals surface area contributed by atoms with Gasteiger partial charge in [0.05, 0.1) is 0 Å². The van der Waals surface area contributed by atoms with Crippen molar-refractivity contribution >= 4 is 10.8 Å². The van der Waals surface area contributed by atoms with E-state index < -0.39 is 0 Å². The molecule has 0 fully saturated rings. The maximum atomic E-state index is 5.95. The van der Waals surface area contributed by atoms with Gasteiger partial charge in [-0.05, 0) is 22.9 Å². The molecule has 0 unspecified atom stereocenters. The lowest BCUT2D eigenvalue weighted by Crippen LogP contribution is -1.99. The standard InChI is InChI=1S/C17H10O4/c1-2-4-11-6-15-14(5-10(11)3-1)20-16-7-12-13(19-9-18-12)8-17(16)21-15/h1-8H,9H2. The third-order valence-electron chi connectivity index (χ3n) is 3.69. The molecule has 102 valence electrons. The molecule has 0 atom stereocenters. The molecule has 2 aliphatic rings. The first-order chi connectivity index (χ1) is 10.4. The zero-order valence-electron chi connectivity index (χ0n) is 11.0. The first kappa shape index (κ1) is 10.9. The van der Waals surface area contributed by atoms with Gasteiger partial charge < -0.3 is 18.9 Å². The molecule has 4 heteroatoms. The van der Waals surface area contributed by atoms with Crippen LogP contribution in [0.1, 0.15) is 0 Å². The van der Waals surface area contributed by atoms with Crippen molar-refractivity contribution in [3.63, 3.8) is 0 Å². The lowest BCUT2D eigenvalue weighted by Gasteiger charge is -2.21. The van der Waals surface area contributed by atoms with E-state index in [0.717, 1.165) is 10.8 Å². The Kier molecular flexibility index (Phi) is 1.98. The predicted molar refractivity (Wildman–Crippen MR) is 76.7 cm³/mol. The van der Waals surface area contributed by atoms with Crippen LogP contribution in [0.4, 0.5) is 0 Å². The molecular weight excluding hydrogens is 268 g/mol. The molecule has 0 radical (unpaired) electrons. The molecule has 0 aromatic heterocycles. The highest BCUT2D eigenvalue weighted by molar-refractivity contribution is 5.86. The summed E-state index contributed by atoms with van der Waals surface area (Å²) in [7, 11) is 0. The van der Waals surface area contributed by atoms with Crippen molar-refractivity contribution in [2.75, 3.05) is 6.79 Å². The van der Waals surface area contributed by atoms with Crippen molar-refractivity contribution < 1.29 is 18.9 Å². The summed E-state index contributed by atoms with van der Waals surface area (Å²) in [4.78, 5) is 0. The molecular formula is C17H10O4. The van der Waals surface area contributed by atoms with Crippen molar-refractivity contribution in [2.24, 2.45) is 0 Å². The summed E-state index contributed by atoms with van der Waals surface area (Å²) in [5.41, 5.74) is 0. The number of benzene rings is 3. The van der Waals surface area contributed by atoms with Crippen molar-refractivity contribution in [1.82, 2.24) is 0 Å². The Morgan fingerprint density at radius 1 is 0.571 bits per heavy atom. The Bertz CT molecular complexity index is 814. The van der Waals surface area contributed by atoms with Crippen LogP contribution in [-0.4, -0.2) is 6.79 Å². The summed E-state index contributed by atoms with van der Waals surface area (Å²) in [6.07, 6.45) is 0. The minimum absolute atomic E-state index is 0.231. The molecule has 0 spiro atoms. The molecule has 2 aliphatic heterocycles. The van der Waals surface area contributed by atoms with Crippen molar-refractivity contribution in [3.8, 4) is 34.5 Å². The van der Waals surface area contributed by atoms with Crippen LogP contribution in [0.15, 0.2) is 48.5 Å². The predicted octanol–water partition coefficient (Wildman–Crippen LogP) is 4.47. The fraction of sp³-hybridized carbons (Fsp3) is 0.0588. The largest absolute Gasteiger partial charge is 0.453 e. The van der Waals surface area contributed by atoms with Crippen LogP contribution < -0.4 is 18.9 Å². The van der Waals surface area contributed by atoms with E-state index in [9.17, 15) is 0 Å². The molecule has 3 aromatic carbocycles. The van der Waals surface area contributed by atoms with Crippen LogP contribution in [0.5, 0.6) is 34.5 Å². The van der Waals surface area contributed by atoms with Gasteiger partial charge in [-0.15, -0.1) is 0 Å². The molecule has 0 aliphatic carbocycles. The topological polar surface area (TPSA) is 36.9 Å². The van der Waals surface area contributed by atoms with E-state index in [0.29, 0.717) is 34.5 Å². The van der Waals surface area contributed by atoms with Crippen LogP contribution in [0, 0.1) is 0 Å². The van der Waals surface area contributed by atoms with Gasteiger partial charge in [-0.25, -0.2) is 0 Å². The minimum Gasteiger partial charge on any atom is -0.453 e. The van der Waals surface area contributed by atoms with Crippen LogP contribution in [0.2, 0.25) is 0 Å². The van der Waals surface area contributed by atoms with E-state index in [2.05, 4.69) is 0 Å². The average molecular weight is 278 g/mol. The Labute approximate surface area is 120 Å². The first-order valence-electron chi connectivity index (χ1n) is 6.69. The van der Waals surface area contributed by atoms with E-state index in [1.54, 1.807) is 12.1 Å². The van der Waals surface area contributed by atoms with E-state index in [-0.39, 0.29) is 6.79 Å². The third-order valence-corrected chi connectivity index (χ3v) is 3.69. The molecule has 5 rings (SSSR count). The first-order valence-corrected chi connectivity index (χ1v) is 6.69. The van der Waals surface area contributed by atoms with Crippen LogP contribution in [0.3, 0.4) is 0 Å². The Hall–Kier alpha value is -2.88. The number of fused-ring (bicyclic) bond motifs is 4. The highest BCUT2D eigenvalue weighted by Gasteiger charge is 2.24.